The van der Waals surface area contributed by atoms with Crippen LogP contribution in [0.2, 0.25) is 0 Å². The van der Waals surface area contributed by atoms with Crippen LogP contribution in [0.5, 0.6) is 0 Å². The number of benzene rings is 1. The lowest BCUT2D eigenvalue weighted by Gasteiger charge is -2.07. The number of halogens is 1. The normalized spacial score (nSPS) is 10.4. The fourth-order valence-electron chi connectivity index (χ4n) is 1.17. The molecule has 0 heterocycles. The third-order valence-corrected chi connectivity index (χ3v) is 2.88. The van der Waals surface area contributed by atoms with E-state index in [9.17, 15) is 0 Å². The second-order valence-electron chi connectivity index (χ2n) is 2.99. The second-order valence-corrected chi connectivity index (χ2v) is 3.84. The lowest BCUT2D eigenvalue weighted by molar-refractivity contribution is 0.692. The van der Waals surface area contributed by atoms with Gasteiger partial charge in [0.05, 0.1) is 0 Å². The van der Waals surface area contributed by atoms with Crippen LogP contribution in [-0.2, 0) is 6.54 Å². The van der Waals surface area contributed by atoms with Gasteiger partial charge in [0.25, 0.3) is 0 Å². The first-order valence-electron chi connectivity index (χ1n) is 4.40. The minimum absolute atomic E-state index is 0.688. The molecule has 0 radical (unpaired) electrons. The summed E-state index contributed by atoms with van der Waals surface area (Å²) >= 11 is 3.50. The van der Waals surface area contributed by atoms with Gasteiger partial charge in [-0.1, -0.05) is 28.1 Å². The van der Waals surface area contributed by atoms with Crippen LogP contribution in [0.4, 0.5) is 0 Å². The molecule has 0 aromatic heterocycles. The van der Waals surface area contributed by atoms with Gasteiger partial charge in [-0.15, -0.1) is 0 Å². The quantitative estimate of drug-likeness (QED) is 0.791. The minimum Gasteiger partial charge on any atom is -0.329 e. The Bertz CT molecular complexity index is 274. The molecule has 0 amide bonds. The molecule has 0 fully saturated rings. The van der Waals surface area contributed by atoms with Gasteiger partial charge in [-0.2, -0.15) is 0 Å². The summed E-state index contributed by atoms with van der Waals surface area (Å²) in [6.45, 7) is 4.56. The van der Waals surface area contributed by atoms with Crippen molar-refractivity contribution in [3.05, 3.63) is 33.8 Å². The molecule has 0 bridgehead atoms. The molecule has 2 nitrogen and oxygen atoms in total. The molecule has 3 heteroatoms. The Labute approximate surface area is 87.6 Å². The van der Waals surface area contributed by atoms with Crippen LogP contribution in [0.25, 0.3) is 0 Å². The first kappa shape index (κ1) is 10.7. The summed E-state index contributed by atoms with van der Waals surface area (Å²) in [5.74, 6) is 0. The maximum absolute atomic E-state index is 5.39. The van der Waals surface area contributed by atoms with Crippen LogP contribution in [0.1, 0.15) is 11.1 Å². The molecule has 0 saturated heterocycles. The van der Waals surface area contributed by atoms with Crippen molar-refractivity contribution in [1.29, 1.82) is 0 Å². The Morgan fingerprint density at radius 1 is 1.46 bits per heavy atom. The molecule has 0 spiro atoms. The van der Waals surface area contributed by atoms with Crippen molar-refractivity contribution in [2.75, 3.05) is 13.1 Å². The molecule has 1 aromatic carbocycles. The van der Waals surface area contributed by atoms with Gasteiger partial charge in [0.2, 0.25) is 0 Å². The maximum atomic E-state index is 5.39. The number of nitrogens with one attached hydrogen (secondary N) is 1. The molecule has 3 N–H and O–H groups in total. The largest absolute Gasteiger partial charge is 0.329 e. The van der Waals surface area contributed by atoms with Gasteiger partial charge in [0.1, 0.15) is 0 Å². The minimum atomic E-state index is 0.688. The average Bonchev–Trinajstić information content (AvgIpc) is 2.13. The molecule has 0 aliphatic carbocycles. The van der Waals surface area contributed by atoms with Gasteiger partial charge in [-0.3, -0.25) is 0 Å². The van der Waals surface area contributed by atoms with Crippen molar-refractivity contribution in [1.82, 2.24) is 5.32 Å². The van der Waals surface area contributed by atoms with E-state index >= 15 is 0 Å². The Morgan fingerprint density at radius 2 is 2.23 bits per heavy atom. The van der Waals surface area contributed by atoms with Crippen LogP contribution < -0.4 is 11.1 Å². The van der Waals surface area contributed by atoms with Gasteiger partial charge in [0, 0.05) is 24.1 Å². The Morgan fingerprint density at radius 3 is 2.92 bits per heavy atom. The van der Waals surface area contributed by atoms with E-state index in [1.54, 1.807) is 0 Å². The molecule has 0 unspecified atom stereocenters. The monoisotopic (exact) mass is 242 g/mol. The van der Waals surface area contributed by atoms with Gasteiger partial charge in [0.15, 0.2) is 0 Å². The van der Waals surface area contributed by atoms with E-state index < -0.39 is 0 Å². The van der Waals surface area contributed by atoms with E-state index in [4.69, 9.17) is 5.73 Å². The molecular formula is C10H15BrN2. The van der Waals surface area contributed by atoms with E-state index in [0.717, 1.165) is 13.1 Å². The zero-order valence-electron chi connectivity index (χ0n) is 7.81. The summed E-state index contributed by atoms with van der Waals surface area (Å²) in [5, 5.41) is 3.27. The molecule has 0 aliphatic rings. The van der Waals surface area contributed by atoms with Crippen LogP contribution in [0.15, 0.2) is 22.7 Å². The van der Waals surface area contributed by atoms with Gasteiger partial charge < -0.3 is 11.1 Å². The summed E-state index contributed by atoms with van der Waals surface area (Å²) in [6.07, 6.45) is 0. The van der Waals surface area contributed by atoms with Crippen LogP contribution in [-0.4, -0.2) is 13.1 Å². The number of nitrogens with two attached hydrogens (primary N) is 1. The SMILES string of the molecule is Cc1c(Br)cccc1CNCCN. The maximum Gasteiger partial charge on any atom is 0.0209 e. The van der Waals surface area contributed by atoms with Crippen LogP contribution >= 0.6 is 15.9 Å². The van der Waals surface area contributed by atoms with E-state index in [1.165, 1.54) is 15.6 Å². The van der Waals surface area contributed by atoms with E-state index in [1.807, 2.05) is 0 Å². The summed E-state index contributed by atoms with van der Waals surface area (Å²) in [6, 6.07) is 6.24. The topological polar surface area (TPSA) is 38.0 Å². The molecule has 1 rings (SSSR count). The second kappa shape index (κ2) is 5.37. The highest BCUT2D eigenvalue weighted by Gasteiger charge is 1.99. The van der Waals surface area contributed by atoms with E-state index in [0.29, 0.717) is 6.54 Å². The number of rotatable bonds is 4. The summed E-state index contributed by atoms with van der Waals surface area (Å²) in [7, 11) is 0. The lowest BCUT2D eigenvalue weighted by atomic mass is 10.1. The summed E-state index contributed by atoms with van der Waals surface area (Å²) < 4.78 is 1.17. The van der Waals surface area contributed by atoms with Crippen molar-refractivity contribution >= 4 is 15.9 Å². The molecule has 0 atom stereocenters. The molecule has 72 valence electrons. The third-order valence-electron chi connectivity index (χ3n) is 2.02. The van der Waals surface area contributed by atoms with Crippen LogP contribution in [0.3, 0.4) is 0 Å². The van der Waals surface area contributed by atoms with Crippen molar-refractivity contribution in [2.45, 2.75) is 13.5 Å². The van der Waals surface area contributed by atoms with Gasteiger partial charge in [-0.25, -0.2) is 0 Å². The average molecular weight is 243 g/mol. The molecule has 1 aromatic rings. The Hall–Kier alpha value is -0.380. The van der Waals surface area contributed by atoms with Crippen LogP contribution in [0, 0.1) is 6.92 Å². The van der Waals surface area contributed by atoms with Crippen molar-refractivity contribution in [3.63, 3.8) is 0 Å². The molecular weight excluding hydrogens is 228 g/mol. The standard InChI is InChI=1S/C10H15BrN2/c1-8-9(7-13-6-5-12)3-2-4-10(8)11/h2-4,13H,5-7,12H2,1H3. The predicted octanol–water partition coefficient (Wildman–Crippen LogP) is 1.81. The first-order chi connectivity index (χ1) is 6.25. The molecule has 0 saturated carbocycles. The first-order valence-corrected chi connectivity index (χ1v) is 5.19. The zero-order chi connectivity index (χ0) is 9.68. The highest BCUT2D eigenvalue weighted by Crippen LogP contribution is 2.18. The van der Waals surface area contributed by atoms with Crippen molar-refractivity contribution in [2.24, 2.45) is 5.73 Å². The highest BCUT2D eigenvalue weighted by molar-refractivity contribution is 9.10. The Balaban J connectivity index is 2.61. The summed E-state index contributed by atoms with van der Waals surface area (Å²) in [4.78, 5) is 0. The van der Waals surface area contributed by atoms with Crippen molar-refractivity contribution < 1.29 is 0 Å². The lowest BCUT2D eigenvalue weighted by Crippen LogP contribution is -2.22. The van der Waals surface area contributed by atoms with Crippen molar-refractivity contribution in [3.8, 4) is 0 Å². The fraction of sp³-hybridized carbons (Fsp3) is 0.400. The highest BCUT2D eigenvalue weighted by atomic mass is 79.9. The Kier molecular flexibility index (Phi) is 4.42. The number of hydrogen-bond donors (Lipinski definition) is 2. The van der Waals surface area contributed by atoms with Gasteiger partial charge >= 0.3 is 0 Å². The molecule has 13 heavy (non-hydrogen) atoms. The smallest absolute Gasteiger partial charge is 0.0209 e. The van der Waals surface area contributed by atoms with Gasteiger partial charge in [-0.05, 0) is 24.1 Å². The third kappa shape index (κ3) is 3.10. The fourth-order valence-corrected chi connectivity index (χ4v) is 1.58. The molecule has 0 aliphatic heterocycles. The number of hydrogen-bond acceptors (Lipinski definition) is 2. The zero-order valence-corrected chi connectivity index (χ0v) is 9.39. The van der Waals surface area contributed by atoms with E-state index in [2.05, 4.69) is 46.4 Å². The predicted molar refractivity (Wildman–Crippen MR) is 59.6 cm³/mol. The van der Waals surface area contributed by atoms with E-state index in [-0.39, 0.29) is 0 Å². The summed E-state index contributed by atoms with van der Waals surface area (Å²) in [5.41, 5.74) is 8.01.